The van der Waals surface area contributed by atoms with Gasteiger partial charge in [0.2, 0.25) is 0 Å². The molecule has 0 saturated carbocycles. The van der Waals surface area contributed by atoms with E-state index in [4.69, 9.17) is 10.9 Å². The molecule has 4 nitrogen and oxygen atoms in total. The molecule has 1 rings (SSSR count). The van der Waals surface area contributed by atoms with Crippen LogP contribution in [0, 0.1) is 0 Å². The molecule has 1 heterocycles. The summed E-state index contributed by atoms with van der Waals surface area (Å²) in [5.41, 5.74) is 6.17. The van der Waals surface area contributed by atoms with Crippen molar-refractivity contribution in [3.05, 3.63) is 23.9 Å². The molecular weight excluding hydrogens is 210 g/mol. The fourth-order valence-electron chi connectivity index (χ4n) is 0.996. The van der Waals surface area contributed by atoms with Crippen molar-refractivity contribution in [2.75, 3.05) is 0 Å². The van der Waals surface area contributed by atoms with Gasteiger partial charge >= 0.3 is 0 Å². The summed E-state index contributed by atoms with van der Waals surface area (Å²) < 4.78 is 0.0940. The van der Waals surface area contributed by atoms with Crippen molar-refractivity contribution >= 4 is 17.6 Å². The molecule has 0 amide bonds. The predicted molar refractivity (Wildman–Crippen MR) is 62.4 cm³/mol. The molecule has 5 heteroatoms. The van der Waals surface area contributed by atoms with Crippen molar-refractivity contribution in [2.45, 2.75) is 30.5 Å². The maximum atomic E-state index is 8.55. The van der Waals surface area contributed by atoms with Crippen molar-refractivity contribution in [1.82, 2.24) is 4.98 Å². The van der Waals surface area contributed by atoms with Gasteiger partial charge in [0.25, 0.3) is 0 Å². The SMILES string of the molecule is CC(C)(C)Sc1cc(/C(N)=N/O)ccn1. The molecule has 0 bridgehead atoms. The van der Waals surface area contributed by atoms with Gasteiger partial charge in [0, 0.05) is 16.5 Å². The Kier molecular flexibility index (Phi) is 3.57. The lowest BCUT2D eigenvalue weighted by Gasteiger charge is -2.16. The van der Waals surface area contributed by atoms with Crippen LogP contribution in [0.4, 0.5) is 0 Å². The van der Waals surface area contributed by atoms with Crippen molar-refractivity contribution < 1.29 is 5.21 Å². The van der Waals surface area contributed by atoms with Crippen molar-refractivity contribution in [3.8, 4) is 0 Å². The Labute approximate surface area is 93.6 Å². The number of nitrogens with two attached hydrogens (primary N) is 1. The van der Waals surface area contributed by atoms with E-state index in [1.54, 1.807) is 24.0 Å². The Morgan fingerprint density at radius 2 is 2.20 bits per heavy atom. The zero-order valence-electron chi connectivity index (χ0n) is 9.06. The maximum Gasteiger partial charge on any atom is 0.170 e. The first-order valence-electron chi connectivity index (χ1n) is 4.55. The second kappa shape index (κ2) is 4.53. The summed E-state index contributed by atoms with van der Waals surface area (Å²) in [6.07, 6.45) is 1.65. The van der Waals surface area contributed by atoms with Crippen LogP contribution < -0.4 is 5.73 Å². The van der Waals surface area contributed by atoms with E-state index in [0.29, 0.717) is 5.56 Å². The third kappa shape index (κ3) is 3.79. The standard InChI is InChI=1S/C10H15N3OS/c1-10(2,3)15-8-6-7(4-5-12-8)9(11)13-14/h4-6,14H,1-3H3,(H2,11,13). The molecule has 15 heavy (non-hydrogen) atoms. The lowest BCUT2D eigenvalue weighted by molar-refractivity contribution is 0.318. The van der Waals surface area contributed by atoms with Gasteiger partial charge in [-0.25, -0.2) is 4.98 Å². The molecule has 3 N–H and O–H groups in total. The molecule has 0 atom stereocenters. The van der Waals surface area contributed by atoms with Crippen molar-refractivity contribution in [1.29, 1.82) is 0 Å². The predicted octanol–water partition coefficient (Wildman–Crippen LogP) is 2.07. The number of nitrogens with zero attached hydrogens (tertiary/aromatic N) is 2. The summed E-state index contributed by atoms with van der Waals surface area (Å²) in [6, 6.07) is 3.52. The Balaban J connectivity index is 2.93. The van der Waals surface area contributed by atoms with Gasteiger partial charge in [0.15, 0.2) is 5.84 Å². The number of amidine groups is 1. The number of oxime groups is 1. The number of pyridine rings is 1. The second-order valence-corrected chi connectivity index (χ2v) is 5.93. The summed E-state index contributed by atoms with van der Waals surface area (Å²) in [7, 11) is 0. The first-order chi connectivity index (χ1) is 6.92. The average Bonchev–Trinajstić information content (AvgIpc) is 2.14. The molecule has 0 aromatic carbocycles. The third-order valence-electron chi connectivity index (χ3n) is 1.55. The molecule has 0 aliphatic heterocycles. The summed E-state index contributed by atoms with van der Waals surface area (Å²) >= 11 is 1.64. The maximum absolute atomic E-state index is 8.55. The number of hydrogen-bond acceptors (Lipinski definition) is 4. The Bertz CT molecular complexity index is 371. The molecule has 1 aromatic heterocycles. The van der Waals surface area contributed by atoms with Crippen LogP contribution in [0.15, 0.2) is 28.5 Å². The van der Waals surface area contributed by atoms with E-state index in [0.717, 1.165) is 5.03 Å². The largest absolute Gasteiger partial charge is 0.409 e. The van der Waals surface area contributed by atoms with Crippen LogP contribution in [0.2, 0.25) is 0 Å². The Morgan fingerprint density at radius 3 is 2.73 bits per heavy atom. The van der Waals surface area contributed by atoms with Crippen LogP contribution >= 0.6 is 11.8 Å². The van der Waals surface area contributed by atoms with Gasteiger partial charge in [0.1, 0.15) is 0 Å². The number of rotatable bonds is 2. The zero-order valence-corrected chi connectivity index (χ0v) is 9.88. The smallest absolute Gasteiger partial charge is 0.170 e. The summed E-state index contributed by atoms with van der Waals surface area (Å²) in [5.74, 6) is 0.105. The molecule has 0 radical (unpaired) electrons. The first-order valence-corrected chi connectivity index (χ1v) is 5.37. The quantitative estimate of drug-likeness (QED) is 0.266. The lowest BCUT2D eigenvalue weighted by atomic mass is 10.2. The molecule has 1 aromatic rings. The molecule has 82 valence electrons. The first kappa shape index (κ1) is 11.8. The fraction of sp³-hybridized carbons (Fsp3) is 0.400. The van der Waals surface area contributed by atoms with Gasteiger partial charge in [0.05, 0.1) is 5.03 Å². The average molecular weight is 225 g/mol. The van der Waals surface area contributed by atoms with E-state index in [9.17, 15) is 0 Å². The normalized spacial score (nSPS) is 12.9. The highest BCUT2D eigenvalue weighted by atomic mass is 32.2. The van der Waals surface area contributed by atoms with E-state index in [2.05, 4.69) is 30.9 Å². The monoisotopic (exact) mass is 225 g/mol. The van der Waals surface area contributed by atoms with Crippen LogP contribution in [0.5, 0.6) is 0 Å². The minimum Gasteiger partial charge on any atom is -0.409 e. The van der Waals surface area contributed by atoms with Gasteiger partial charge in [-0.3, -0.25) is 0 Å². The van der Waals surface area contributed by atoms with Gasteiger partial charge in [-0.2, -0.15) is 0 Å². The highest BCUT2D eigenvalue weighted by molar-refractivity contribution is 8.00. The van der Waals surface area contributed by atoms with Crippen LogP contribution in [0.1, 0.15) is 26.3 Å². The van der Waals surface area contributed by atoms with Crippen LogP contribution in [0.25, 0.3) is 0 Å². The van der Waals surface area contributed by atoms with E-state index in [1.165, 1.54) is 0 Å². The number of aromatic nitrogens is 1. The molecule has 0 spiro atoms. The minimum absolute atomic E-state index is 0.0940. The Hall–Kier alpha value is -1.23. The highest BCUT2D eigenvalue weighted by Gasteiger charge is 2.13. The molecule has 0 aliphatic rings. The van der Waals surface area contributed by atoms with E-state index < -0.39 is 0 Å². The summed E-state index contributed by atoms with van der Waals surface area (Å²) in [4.78, 5) is 4.21. The summed E-state index contributed by atoms with van der Waals surface area (Å²) in [6.45, 7) is 6.32. The molecule has 0 saturated heterocycles. The zero-order chi connectivity index (χ0) is 11.5. The fourth-order valence-corrected chi connectivity index (χ4v) is 1.92. The van der Waals surface area contributed by atoms with E-state index in [-0.39, 0.29) is 10.6 Å². The molecule has 0 fully saturated rings. The van der Waals surface area contributed by atoms with Crippen LogP contribution in [-0.4, -0.2) is 20.8 Å². The molecule has 0 unspecified atom stereocenters. The second-order valence-electron chi connectivity index (χ2n) is 4.08. The third-order valence-corrected chi connectivity index (χ3v) is 2.59. The molecule has 0 aliphatic carbocycles. The number of thioether (sulfide) groups is 1. The minimum atomic E-state index is 0.0940. The topological polar surface area (TPSA) is 71.5 Å². The van der Waals surface area contributed by atoms with E-state index in [1.807, 2.05) is 6.07 Å². The van der Waals surface area contributed by atoms with Gasteiger partial charge in [-0.05, 0) is 12.1 Å². The molecular formula is C10H15N3OS. The van der Waals surface area contributed by atoms with Crippen LogP contribution in [-0.2, 0) is 0 Å². The van der Waals surface area contributed by atoms with Gasteiger partial charge in [-0.15, -0.1) is 11.8 Å². The summed E-state index contributed by atoms with van der Waals surface area (Å²) in [5, 5.41) is 12.4. The van der Waals surface area contributed by atoms with E-state index >= 15 is 0 Å². The van der Waals surface area contributed by atoms with Gasteiger partial charge < -0.3 is 10.9 Å². The Morgan fingerprint density at radius 1 is 1.53 bits per heavy atom. The van der Waals surface area contributed by atoms with Crippen molar-refractivity contribution in [3.63, 3.8) is 0 Å². The highest BCUT2D eigenvalue weighted by Crippen LogP contribution is 2.30. The number of hydrogen-bond donors (Lipinski definition) is 2. The lowest BCUT2D eigenvalue weighted by Crippen LogP contribution is -2.14. The van der Waals surface area contributed by atoms with Crippen molar-refractivity contribution in [2.24, 2.45) is 10.9 Å². The van der Waals surface area contributed by atoms with Gasteiger partial charge in [-0.1, -0.05) is 25.9 Å². The van der Waals surface area contributed by atoms with Crippen LogP contribution in [0.3, 0.4) is 0 Å².